The topological polar surface area (TPSA) is 21.3 Å². The molecule has 1 aromatic carbocycles. The molecule has 0 aliphatic carbocycles. The molecule has 0 fully saturated rings. The third-order valence-corrected chi connectivity index (χ3v) is 3.50. The summed E-state index contributed by atoms with van der Waals surface area (Å²) in [5.41, 5.74) is 1.00. The molecule has 1 aromatic rings. The fourth-order valence-electron chi connectivity index (χ4n) is 2.14. The van der Waals surface area contributed by atoms with Crippen molar-refractivity contribution in [3.05, 3.63) is 27.7 Å². The SMILES string of the molecule is CCNC1c2c(Cl)ccc(Cl)c2OC1CC. The lowest BCUT2D eigenvalue weighted by molar-refractivity contribution is 0.186. The lowest BCUT2D eigenvalue weighted by Gasteiger charge is -2.18. The number of hydrogen-bond acceptors (Lipinski definition) is 2. The fraction of sp³-hybridized carbons (Fsp3) is 0.500. The Balaban J connectivity index is 2.45. The molecule has 0 amide bonds. The van der Waals surface area contributed by atoms with E-state index in [9.17, 15) is 0 Å². The minimum absolute atomic E-state index is 0.118. The van der Waals surface area contributed by atoms with Crippen molar-refractivity contribution in [3.8, 4) is 5.75 Å². The van der Waals surface area contributed by atoms with Crippen LogP contribution in [-0.4, -0.2) is 12.6 Å². The highest BCUT2D eigenvalue weighted by atomic mass is 35.5. The molecule has 0 saturated heterocycles. The molecule has 0 radical (unpaired) electrons. The molecule has 2 unspecified atom stereocenters. The Morgan fingerprint density at radius 1 is 1.25 bits per heavy atom. The van der Waals surface area contributed by atoms with Gasteiger partial charge in [-0.05, 0) is 25.1 Å². The van der Waals surface area contributed by atoms with E-state index in [2.05, 4.69) is 19.2 Å². The zero-order chi connectivity index (χ0) is 11.7. The molecule has 0 saturated carbocycles. The van der Waals surface area contributed by atoms with Crippen LogP contribution in [0, 0.1) is 0 Å². The van der Waals surface area contributed by atoms with E-state index < -0.39 is 0 Å². The minimum atomic E-state index is 0.118. The van der Waals surface area contributed by atoms with Crippen LogP contribution >= 0.6 is 23.2 Å². The first-order valence-corrected chi connectivity index (χ1v) is 6.32. The first-order valence-electron chi connectivity index (χ1n) is 5.57. The number of likely N-dealkylation sites (N-methyl/N-ethyl adjacent to an activating group) is 1. The molecule has 88 valence electrons. The number of fused-ring (bicyclic) bond motifs is 1. The summed E-state index contributed by atoms with van der Waals surface area (Å²) < 4.78 is 5.85. The molecule has 0 aromatic heterocycles. The quantitative estimate of drug-likeness (QED) is 0.892. The third kappa shape index (κ3) is 1.90. The summed E-state index contributed by atoms with van der Waals surface area (Å²) in [6.45, 7) is 5.05. The standard InChI is InChI=1S/C12H15Cl2NO/c1-3-9-11(15-4-2)10-7(13)5-6-8(14)12(10)16-9/h5-6,9,11,15H,3-4H2,1-2H3. The molecule has 1 aliphatic heterocycles. The van der Waals surface area contributed by atoms with Gasteiger partial charge in [0.15, 0.2) is 0 Å². The van der Waals surface area contributed by atoms with Crippen LogP contribution in [0.15, 0.2) is 12.1 Å². The van der Waals surface area contributed by atoms with E-state index in [4.69, 9.17) is 27.9 Å². The van der Waals surface area contributed by atoms with Crippen molar-refractivity contribution < 1.29 is 4.74 Å². The molecule has 0 bridgehead atoms. The fourth-order valence-corrected chi connectivity index (χ4v) is 2.61. The molecular formula is C12H15Cl2NO. The first kappa shape index (κ1) is 12.0. The van der Waals surface area contributed by atoms with E-state index in [1.807, 2.05) is 6.07 Å². The van der Waals surface area contributed by atoms with Crippen molar-refractivity contribution in [2.45, 2.75) is 32.4 Å². The summed E-state index contributed by atoms with van der Waals surface area (Å²) in [5, 5.41) is 4.76. The normalized spacial score (nSPS) is 23.0. The van der Waals surface area contributed by atoms with Gasteiger partial charge in [-0.25, -0.2) is 0 Å². The second-order valence-corrected chi connectivity index (χ2v) is 4.69. The monoisotopic (exact) mass is 259 g/mol. The Hall–Kier alpha value is -0.440. The van der Waals surface area contributed by atoms with E-state index in [1.165, 1.54) is 0 Å². The number of halogens is 2. The van der Waals surface area contributed by atoms with Crippen LogP contribution in [0.2, 0.25) is 10.0 Å². The van der Waals surface area contributed by atoms with Crippen LogP contribution in [0.5, 0.6) is 5.75 Å². The van der Waals surface area contributed by atoms with Gasteiger partial charge in [-0.2, -0.15) is 0 Å². The number of ether oxygens (including phenoxy) is 1. The lowest BCUT2D eigenvalue weighted by Crippen LogP contribution is -2.30. The second kappa shape index (κ2) is 4.82. The lowest BCUT2D eigenvalue weighted by atomic mass is 10.0. The van der Waals surface area contributed by atoms with Crippen molar-refractivity contribution in [1.82, 2.24) is 5.32 Å². The molecule has 2 rings (SSSR count). The van der Waals surface area contributed by atoms with Crippen LogP contribution < -0.4 is 10.1 Å². The zero-order valence-electron chi connectivity index (χ0n) is 9.39. The highest BCUT2D eigenvalue weighted by molar-refractivity contribution is 6.35. The summed E-state index contributed by atoms with van der Waals surface area (Å²) in [6.07, 6.45) is 1.05. The average molecular weight is 260 g/mol. The van der Waals surface area contributed by atoms with E-state index in [0.29, 0.717) is 5.02 Å². The van der Waals surface area contributed by atoms with Gasteiger partial charge in [0.05, 0.1) is 11.1 Å². The molecule has 4 heteroatoms. The Bertz CT molecular complexity index is 395. The molecule has 0 spiro atoms. The van der Waals surface area contributed by atoms with Crippen molar-refractivity contribution in [2.75, 3.05) is 6.54 Å². The Kier molecular flexibility index (Phi) is 3.63. The summed E-state index contributed by atoms with van der Waals surface area (Å²) in [4.78, 5) is 0. The summed E-state index contributed by atoms with van der Waals surface area (Å²) in [7, 11) is 0. The van der Waals surface area contributed by atoms with E-state index in [0.717, 1.165) is 29.3 Å². The largest absolute Gasteiger partial charge is 0.486 e. The van der Waals surface area contributed by atoms with Gasteiger partial charge >= 0.3 is 0 Å². The second-order valence-electron chi connectivity index (χ2n) is 3.87. The molecule has 2 atom stereocenters. The van der Waals surface area contributed by atoms with Crippen LogP contribution in [0.25, 0.3) is 0 Å². The average Bonchev–Trinajstić information content (AvgIpc) is 2.64. The summed E-state index contributed by atoms with van der Waals surface area (Å²) >= 11 is 12.3. The van der Waals surface area contributed by atoms with Crippen LogP contribution in [-0.2, 0) is 0 Å². The van der Waals surface area contributed by atoms with Crippen LogP contribution in [0.3, 0.4) is 0 Å². The molecule has 1 heterocycles. The minimum Gasteiger partial charge on any atom is -0.486 e. The van der Waals surface area contributed by atoms with Crippen LogP contribution in [0.4, 0.5) is 0 Å². The zero-order valence-corrected chi connectivity index (χ0v) is 10.9. The predicted molar refractivity (Wildman–Crippen MR) is 67.6 cm³/mol. The van der Waals surface area contributed by atoms with Crippen molar-refractivity contribution in [2.24, 2.45) is 0 Å². The van der Waals surface area contributed by atoms with E-state index in [1.54, 1.807) is 6.07 Å². The maximum absolute atomic E-state index is 6.22. The molecular weight excluding hydrogens is 245 g/mol. The Morgan fingerprint density at radius 3 is 2.56 bits per heavy atom. The third-order valence-electron chi connectivity index (χ3n) is 2.87. The molecule has 1 N–H and O–H groups in total. The van der Waals surface area contributed by atoms with Gasteiger partial charge in [-0.3, -0.25) is 0 Å². The smallest absolute Gasteiger partial charge is 0.144 e. The Labute approximate surface area is 106 Å². The van der Waals surface area contributed by atoms with Crippen molar-refractivity contribution >= 4 is 23.2 Å². The van der Waals surface area contributed by atoms with Gasteiger partial charge in [-0.15, -0.1) is 0 Å². The van der Waals surface area contributed by atoms with Crippen molar-refractivity contribution in [1.29, 1.82) is 0 Å². The number of benzene rings is 1. The van der Waals surface area contributed by atoms with Gasteiger partial charge < -0.3 is 10.1 Å². The number of rotatable bonds is 3. The van der Waals surface area contributed by atoms with Gasteiger partial charge in [0.2, 0.25) is 0 Å². The molecule has 2 nitrogen and oxygen atoms in total. The maximum atomic E-state index is 6.22. The molecule has 16 heavy (non-hydrogen) atoms. The van der Waals surface area contributed by atoms with Crippen LogP contribution in [0.1, 0.15) is 31.9 Å². The van der Waals surface area contributed by atoms with E-state index >= 15 is 0 Å². The maximum Gasteiger partial charge on any atom is 0.144 e. The summed E-state index contributed by atoms with van der Waals surface area (Å²) in [5.74, 6) is 0.743. The molecule has 1 aliphatic rings. The van der Waals surface area contributed by atoms with Gasteiger partial charge in [0.25, 0.3) is 0 Å². The number of hydrogen-bond donors (Lipinski definition) is 1. The van der Waals surface area contributed by atoms with Gasteiger partial charge in [0.1, 0.15) is 11.9 Å². The first-order chi connectivity index (χ1) is 7.69. The highest BCUT2D eigenvalue weighted by Gasteiger charge is 2.35. The van der Waals surface area contributed by atoms with Crippen molar-refractivity contribution in [3.63, 3.8) is 0 Å². The number of nitrogens with one attached hydrogen (secondary N) is 1. The predicted octanol–water partition coefficient (Wildman–Crippen LogP) is 3.82. The summed E-state index contributed by atoms with van der Waals surface area (Å²) in [6, 6.07) is 3.76. The van der Waals surface area contributed by atoms with E-state index in [-0.39, 0.29) is 12.1 Å². The van der Waals surface area contributed by atoms with Gasteiger partial charge in [0, 0.05) is 10.6 Å². The highest BCUT2D eigenvalue weighted by Crippen LogP contribution is 2.46. The van der Waals surface area contributed by atoms with Gasteiger partial charge in [-0.1, -0.05) is 37.0 Å². The Morgan fingerprint density at radius 2 is 1.94 bits per heavy atom.